The minimum Gasteiger partial charge on any atom is -0.490 e. The van der Waals surface area contributed by atoms with E-state index in [4.69, 9.17) is 15.2 Å². The van der Waals surface area contributed by atoms with Gasteiger partial charge in [-0.05, 0) is 18.2 Å². The quantitative estimate of drug-likeness (QED) is 0.659. The van der Waals surface area contributed by atoms with Gasteiger partial charge >= 0.3 is 5.69 Å². The fourth-order valence-electron chi connectivity index (χ4n) is 1.38. The summed E-state index contributed by atoms with van der Waals surface area (Å²) in [6.07, 6.45) is 0. The Morgan fingerprint density at radius 3 is 2.63 bits per heavy atom. The van der Waals surface area contributed by atoms with Crippen LogP contribution in [0.15, 0.2) is 30.3 Å². The van der Waals surface area contributed by atoms with Gasteiger partial charge in [0.1, 0.15) is 11.6 Å². The van der Waals surface area contributed by atoms with Gasteiger partial charge in [0.25, 0.3) is 0 Å². The summed E-state index contributed by atoms with van der Waals surface area (Å²) in [6, 6.07) is 7.25. The Labute approximate surface area is 107 Å². The van der Waals surface area contributed by atoms with Gasteiger partial charge < -0.3 is 15.2 Å². The Balaban J connectivity index is 2.28. The van der Waals surface area contributed by atoms with Gasteiger partial charge in [0, 0.05) is 6.07 Å². The molecule has 0 unspecified atom stereocenters. The molecular formula is C11H10N4O4. The van der Waals surface area contributed by atoms with E-state index in [0.717, 1.165) is 0 Å². The second-order valence-corrected chi connectivity index (χ2v) is 3.49. The number of hydrogen-bond donors (Lipinski definition) is 1. The molecule has 0 spiro atoms. The van der Waals surface area contributed by atoms with Gasteiger partial charge in [-0.15, -0.1) is 10.2 Å². The molecule has 0 radical (unpaired) electrons. The molecule has 1 aromatic heterocycles. The number of anilines is 1. The standard InChI is InChI=1S/C11H10N4O4/c1-18-9-3-2-7(6-8(9)15(16)17)19-11-5-4-10(12)13-14-11/h2-6H,1H3,(H2,12,13). The highest BCUT2D eigenvalue weighted by molar-refractivity contribution is 5.51. The topological polar surface area (TPSA) is 113 Å². The fraction of sp³-hybridized carbons (Fsp3) is 0.0909. The number of nitro benzene ring substituents is 1. The first-order chi connectivity index (χ1) is 9.10. The van der Waals surface area contributed by atoms with Crippen LogP contribution in [0.4, 0.5) is 11.5 Å². The molecule has 19 heavy (non-hydrogen) atoms. The average Bonchev–Trinajstić information content (AvgIpc) is 2.41. The zero-order valence-corrected chi connectivity index (χ0v) is 9.94. The third-order valence-electron chi connectivity index (χ3n) is 2.23. The van der Waals surface area contributed by atoms with Crippen molar-refractivity contribution in [3.63, 3.8) is 0 Å². The van der Waals surface area contributed by atoms with Crippen LogP contribution in [-0.4, -0.2) is 22.2 Å². The first-order valence-corrected chi connectivity index (χ1v) is 5.19. The highest BCUT2D eigenvalue weighted by Gasteiger charge is 2.16. The molecule has 0 aliphatic rings. The van der Waals surface area contributed by atoms with Crippen molar-refractivity contribution >= 4 is 11.5 Å². The molecule has 1 aromatic carbocycles. The zero-order valence-electron chi connectivity index (χ0n) is 9.94. The summed E-state index contributed by atoms with van der Waals surface area (Å²) in [5.74, 6) is 0.856. The lowest BCUT2D eigenvalue weighted by Gasteiger charge is -2.06. The molecular weight excluding hydrogens is 252 g/mol. The molecule has 0 amide bonds. The van der Waals surface area contributed by atoms with Gasteiger partial charge in [0.05, 0.1) is 18.1 Å². The van der Waals surface area contributed by atoms with Crippen LogP contribution in [0.3, 0.4) is 0 Å². The molecule has 98 valence electrons. The molecule has 0 fully saturated rings. The summed E-state index contributed by atoms with van der Waals surface area (Å²) in [6.45, 7) is 0. The van der Waals surface area contributed by atoms with Gasteiger partial charge in [-0.3, -0.25) is 10.1 Å². The van der Waals surface area contributed by atoms with E-state index >= 15 is 0 Å². The van der Waals surface area contributed by atoms with Crippen molar-refractivity contribution in [2.24, 2.45) is 0 Å². The van der Waals surface area contributed by atoms with Gasteiger partial charge in [-0.25, -0.2) is 0 Å². The Hall–Kier alpha value is -2.90. The molecule has 0 saturated heterocycles. The van der Waals surface area contributed by atoms with Crippen LogP contribution in [0.1, 0.15) is 0 Å². The Bertz CT molecular complexity index is 600. The number of ether oxygens (including phenoxy) is 2. The average molecular weight is 262 g/mol. The molecule has 0 aliphatic carbocycles. The molecule has 2 aromatic rings. The van der Waals surface area contributed by atoms with Crippen molar-refractivity contribution in [3.05, 3.63) is 40.4 Å². The van der Waals surface area contributed by atoms with E-state index in [1.807, 2.05) is 0 Å². The highest BCUT2D eigenvalue weighted by atomic mass is 16.6. The van der Waals surface area contributed by atoms with Crippen molar-refractivity contribution in [1.29, 1.82) is 0 Å². The van der Waals surface area contributed by atoms with Crippen LogP contribution < -0.4 is 15.2 Å². The summed E-state index contributed by atoms with van der Waals surface area (Å²) in [7, 11) is 1.36. The van der Waals surface area contributed by atoms with E-state index in [9.17, 15) is 10.1 Å². The first-order valence-electron chi connectivity index (χ1n) is 5.19. The molecule has 8 nitrogen and oxygen atoms in total. The summed E-state index contributed by atoms with van der Waals surface area (Å²) in [4.78, 5) is 10.3. The number of nitrogens with zero attached hydrogens (tertiary/aromatic N) is 3. The number of nitro groups is 1. The molecule has 2 rings (SSSR count). The van der Waals surface area contributed by atoms with Crippen molar-refractivity contribution in [1.82, 2.24) is 10.2 Å². The van der Waals surface area contributed by atoms with Gasteiger partial charge in [0.15, 0.2) is 5.75 Å². The lowest BCUT2D eigenvalue weighted by atomic mass is 10.3. The van der Waals surface area contributed by atoms with Crippen LogP contribution >= 0.6 is 0 Å². The largest absolute Gasteiger partial charge is 0.490 e. The maximum absolute atomic E-state index is 10.9. The number of aromatic nitrogens is 2. The van der Waals surface area contributed by atoms with Crippen LogP contribution in [0.2, 0.25) is 0 Å². The summed E-state index contributed by atoms with van der Waals surface area (Å²) in [5.41, 5.74) is 5.20. The SMILES string of the molecule is COc1ccc(Oc2ccc(N)nn2)cc1[N+](=O)[O-]. The second-order valence-electron chi connectivity index (χ2n) is 3.49. The second kappa shape index (κ2) is 5.17. The normalized spacial score (nSPS) is 9.95. The number of nitrogen functional groups attached to an aromatic ring is 1. The third kappa shape index (κ3) is 2.86. The van der Waals surface area contributed by atoms with Crippen molar-refractivity contribution in [2.75, 3.05) is 12.8 Å². The summed E-state index contributed by atoms with van der Waals surface area (Å²) >= 11 is 0. The molecule has 0 bridgehead atoms. The van der Waals surface area contributed by atoms with Gasteiger partial charge in [-0.1, -0.05) is 0 Å². The van der Waals surface area contributed by atoms with Crippen LogP contribution in [0.5, 0.6) is 17.4 Å². The maximum atomic E-state index is 10.9. The monoisotopic (exact) mass is 262 g/mol. The number of benzene rings is 1. The minimum absolute atomic E-state index is 0.153. The zero-order chi connectivity index (χ0) is 13.8. The van der Waals surface area contributed by atoms with Gasteiger partial charge in [0.2, 0.25) is 5.88 Å². The fourth-order valence-corrected chi connectivity index (χ4v) is 1.38. The molecule has 0 aliphatic heterocycles. The van der Waals surface area contributed by atoms with Gasteiger partial charge in [-0.2, -0.15) is 0 Å². The highest BCUT2D eigenvalue weighted by Crippen LogP contribution is 2.32. The summed E-state index contributed by atoms with van der Waals surface area (Å²) < 4.78 is 10.2. The Kier molecular flexibility index (Phi) is 3.42. The van der Waals surface area contributed by atoms with E-state index in [2.05, 4.69) is 10.2 Å². The smallest absolute Gasteiger partial charge is 0.314 e. The molecule has 0 saturated carbocycles. The van der Waals surface area contributed by atoms with E-state index in [1.54, 1.807) is 0 Å². The van der Waals surface area contributed by atoms with E-state index in [-0.39, 0.29) is 28.9 Å². The van der Waals surface area contributed by atoms with Crippen molar-refractivity contribution in [2.45, 2.75) is 0 Å². The third-order valence-corrected chi connectivity index (χ3v) is 2.23. The minimum atomic E-state index is -0.555. The van der Waals surface area contributed by atoms with E-state index in [0.29, 0.717) is 0 Å². The molecule has 8 heteroatoms. The van der Waals surface area contributed by atoms with Crippen molar-refractivity contribution in [3.8, 4) is 17.4 Å². The van der Waals surface area contributed by atoms with Crippen LogP contribution in [-0.2, 0) is 0 Å². The van der Waals surface area contributed by atoms with Crippen LogP contribution in [0.25, 0.3) is 0 Å². The first kappa shape index (κ1) is 12.6. The Morgan fingerprint density at radius 2 is 2.05 bits per heavy atom. The Morgan fingerprint density at radius 1 is 1.26 bits per heavy atom. The predicted molar refractivity (Wildman–Crippen MR) is 66.2 cm³/mol. The lowest BCUT2D eigenvalue weighted by Crippen LogP contribution is -1.97. The number of nitrogens with two attached hydrogens (primary N) is 1. The lowest BCUT2D eigenvalue weighted by molar-refractivity contribution is -0.385. The molecule has 0 atom stereocenters. The maximum Gasteiger partial charge on any atom is 0.314 e. The number of hydrogen-bond acceptors (Lipinski definition) is 7. The number of methoxy groups -OCH3 is 1. The summed E-state index contributed by atoms with van der Waals surface area (Å²) in [5, 5.41) is 18.2. The van der Waals surface area contributed by atoms with E-state index < -0.39 is 4.92 Å². The molecule has 1 heterocycles. The molecule has 2 N–H and O–H groups in total. The van der Waals surface area contributed by atoms with E-state index in [1.165, 1.54) is 37.4 Å². The van der Waals surface area contributed by atoms with Crippen LogP contribution in [0, 0.1) is 10.1 Å². The van der Waals surface area contributed by atoms with Crippen molar-refractivity contribution < 1.29 is 14.4 Å². The predicted octanol–water partition coefficient (Wildman–Crippen LogP) is 1.77. The number of rotatable bonds is 4.